The van der Waals surface area contributed by atoms with E-state index in [1.165, 1.54) is 19.1 Å². The molecule has 0 saturated heterocycles. The average molecular weight is 313 g/mol. The maximum Gasteiger partial charge on any atom is 0.371 e. The second-order valence-electron chi connectivity index (χ2n) is 4.31. The zero-order valence-electron chi connectivity index (χ0n) is 11.0. The summed E-state index contributed by atoms with van der Waals surface area (Å²) in [4.78, 5) is 10.6. The van der Waals surface area contributed by atoms with Gasteiger partial charge in [0.2, 0.25) is 15.8 Å². The van der Waals surface area contributed by atoms with E-state index in [1.807, 2.05) is 0 Å². The highest BCUT2D eigenvalue weighted by atomic mass is 32.2. The molecule has 0 radical (unpaired) electrons. The zero-order chi connectivity index (χ0) is 15.6. The fourth-order valence-corrected chi connectivity index (χ4v) is 2.96. The topological polar surface area (TPSA) is 96.6 Å². The smallest absolute Gasteiger partial charge is 0.371 e. The lowest BCUT2D eigenvalue weighted by Gasteiger charge is -2.08. The van der Waals surface area contributed by atoms with Crippen LogP contribution in [0.25, 0.3) is 0 Å². The van der Waals surface area contributed by atoms with Crippen LogP contribution < -0.4 is 4.72 Å². The van der Waals surface area contributed by atoms with Crippen LogP contribution in [0.4, 0.5) is 4.39 Å². The van der Waals surface area contributed by atoms with E-state index in [0.29, 0.717) is 0 Å². The number of furan rings is 1. The number of hydrogen-bond donors (Lipinski definition) is 2. The molecule has 0 bridgehead atoms. The van der Waals surface area contributed by atoms with Crippen molar-refractivity contribution in [2.45, 2.75) is 18.4 Å². The zero-order valence-corrected chi connectivity index (χ0v) is 11.8. The first-order chi connectivity index (χ1) is 9.79. The summed E-state index contributed by atoms with van der Waals surface area (Å²) in [6, 6.07) is 5.93. The van der Waals surface area contributed by atoms with Gasteiger partial charge in [0.15, 0.2) is 0 Å². The van der Waals surface area contributed by atoms with Gasteiger partial charge >= 0.3 is 5.97 Å². The van der Waals surface area contributed by atoms with Gasteiger partial charge in [-0.25, -0.2) is 22.3 Å². The van der Waals surface area contributed by atoms with E-state index in [0.717, 1.165) is 18.2 Å². The van der Waals surface area contributed by atoms with Crippen molar-refractivity contribution >= 4 is 16.0 Å². The number of carbonyl (C=O) groups is 1. The van der Waals surface area contributed by atoms with Crippen LogP contribution in [0.5, 0.6) is 0 Å². The third kappa shape index (κ3) is 3.47. The van der Waals surface area contributed by atoms with Crippen molar-refractivity contribution < 1.29 is 27.1 Å². The molecule has 0 unspecified atom stereocenters. The number of halogens is 1. The molecular formula is C13H12FNO5S. The molecule has 0 aliphatic heterocycles. The molecule has 0 saturated carbocycles. The highest BCUT2D eigenvalue weighted by molar-refractivity contribution is 7.89. The molecule has 112 valence electrons. The number of aromatic carboxylic acids is 1. The Morgan fingerprint density at radius 2 is 2.05 bits per heavy atom. The maximum atomic E-state index is 13.0. The standard InChI is InChI=1S/C13H12FNO5S/c1-8-6-9(14)2-5-12(8)21(18,19)15-7-10-3-4-11(20-10)13(16)17/h2-6,15H,7H2,1H3,(H,16,17). The summed E-state index contributed by atoms with van der Waals surface area (Å²) in [6.45, 7) is 1.28. The first-order valence-corrected chi connectivity index (χ1v) is 7.36. The van der Waals surface area contributed by atoms with Gasteiger partial charge in [-0.15, -0.1) is 0 Å². The van der Waals surface area contributed by atoms with Gasteiger partial charge in [0.05, 0.1) is 11.4 Å². The Bertz CT molecular complexity index is 782. The number of aryl methyl sites for hydroxylation is 1. The SMILES string of the molecule is Cc1cc(F)ccc1S(=O)(=O)NCc1ccc(C(=O)O)o1. The number of carboxylic acid groups (broad SMARTS) is 1. The van der Waals surface area contributed by atoms with Gasteiger partial charge in [0.25, 0.3) is 0 Å². The predicted molar refractivity (Wildman–Crippen MR) is 70.8 cm³/mol. The Hall–Kier alpha value is -2.19. The van der Waals surface area contributed by atoms with Gasteiger partial charge in [-0.2, -0.15) is 0 Å². The molecule has 0 aliphatic carbocycles. The van der Waals surface area contributed by atoms with Gasteiger partial charge in [-0.05, 0) is 42.8 Å². The predicted octanol–water partition coefficient (Wildman–Crippen LogP) is 1.90. The number of sulfonamides is 1. The molecule has 0 fully saturated rings. The van der Waals surface area contributed by atoms with Crippen LogP contribution in [0.15, 0.2) is 39.6 Å². The first kappa shape index (κ1) is 15.2. The summed E-state index contributed by atoms with van der Waals surface area (Å²) in [5.74, 6) is -1.88. The molecule has 6 nitrogen and oxygen atoms in total. The lowest BCUT2D eigenvalue weighted by molar-refractivity contribution is 0.0660. The van der Waals surface area contributed by atoms with E-state index >= 15 is 0 Å². The molecule has 2 N–H and O–H groups in total. The molecule has 0 atom stereocenters. The van der Waals surface area contributed by atoms with Crippen molar-refractivity contribution in [2.75, 3.05) is 0 Å². The molecule has 2 aromatic rings. The van der Waals surface area contributed by atoms with Gasteiger partial charge < -0.3 is 9.52 Å². The Labute approximate surface area is 120 Å². The van der Waals surface area contributed by atoms with Crippen LogP contribution in [-0.4, -0.2) is 19.5 Å². The fourth-order valence-electron chi connectivity index (χ4n) is 1.75. The molecular weight excluding hydrogens is 301 g/mol. The summed E-state index contributed by atoms with van der Waals surface area (Å²) in [6.07, 6.45) is 0. The second-order valence-corrected chi connectivity index (χ2v) is 6.04. The summed E-state index contributed by atoms with van der Waals surface area (Å²) in [5.41, 5.74) is 0.271. The van der Waals surface area contributed by atoms with Gasteiger partial charge in [-0.1, -0.05) is 0 Å². The molecule has 2 rings (SSSR count). The Morgan fingerprint density at radius 1 is 1.33 bits per heavy atom. The van der Waals surface area contributed by atoms with Crippen molar-refractivity contribution in [1.82, 2.24) is 4.72 Å². The minimum atomic E-state index is -3.84. The fraction of sp³-hybridized carbons (Fsp3) is 0.154. The molecule has 0 spiro atoms. The molecule has 8 heteroatoms. The van der Waals surface area contributed by atoms with Crippen LogP contribution in [0, 0.1) is 12.7 Å². The molecule has 1 aromatic heterocycles. The van der Waals surface area contributed by atoms with Crippen LogP contribution in [0.3, 0.4) is 0 Å². The lowest BCUT2D eigenvalue weighted by Crippen LogP contribution is -2.23. The quantitative estimate of drug-likeness (QED) is 0.879. The number of rotatable bonds is 5. The summed E-state index contributed by atoms with van der Waals surface area (Å²) >= 11 is 0. The summed E-state index contributed by atoms with van der Waals surface area (Å²) < 4.78 is 44.4. The minimum absolute atomic E-state index is 0.0473. The molecule has 0 amide bonds. The summed E-state index contributed by atoms with van der Waals surface area (Å²) in [5, 5.41) is 8.70. The normalized spacial score (nSPS) is 11.5. The number of nitrogens with one attached hydrogen (secondary N) is 1. The van der Waals surface area contributed by atoms with Crippen LogP contribution >= 0.6 is 0 Å². The van der Waals surface area contributed by atoms with E-state index in [9.17, 15) is 17.6 Å². The molecule has 0 aliphatic rings. The van der Waals surface area contributed by atoms with Crippen molar-refractivity contribution in [3.8, 4) is 0 Å². The lowest BCUT2D eigenvalue weighted by atomic mass is 10.2. The number of hydrogen-bond acceptors (Lipinski definition) is 4. The average Bonchev–Trinajstić information content (AvgIpc) is 2.85. The van der Waals surface area contributed by atoms with E-state index in [1.54, 1.807) is 0 Å². The summed E-state index contributed by atoms with van der Waals surface area (Å²) in [7, 11) is -3.84. The first-order valence-electron chi connectivity index (χ1n) is 5.87. The highest BCUT2D eigenvalue weighted by Crippen LogP contribution is 2.17. The third-order valence-electron chi connectivity index (χ3n) is 2.74. The van der Waals surface area contributed by atoms with Crippen molar-refractivity contribution in [3.63, 3.8) is 0 Å². The Balaban J connectivity index is 2.15. The molecule has 1 heterocycles. The third-order valence-corrected chi connectivity index (χ3v) is 4.30. The minimum Gasteiger partial charge on any atom is -0.475 e. The Kier molecular flexibility index (Phi) is 4.10. The van der Waals surface area contributed by atoms with Crippen LogP contribution in [0.2, 0.25) is 0 Å². The van der Waals surface area contributed by atoms with Gasteiger partial charge in [-0.3, -0.25) is 0 Å². The maximum absolute atomic E-state index is 13.0. The molecule has 21 heavy (non-hydrogen) atoms. The Morgan fingerprint density at radius 3 is 2.62 bits per heavy atom. The van der Waals surface area contributed by atoms with E-state index in [-0.39, 0.29) is 28.5 Å². The highest BCUT2D eigenvalue weighted by Gasteiger charge is 2.18. The van der Waals surface area contributed by atoms with Crippen molar-refractivity contribution in [1.29, 1.82) is 0 Å². The van der Waals surface area contributed by atoms with Gasteiger partial charge in [0.1, 0.15) is 11.6 Å². The van der Waals surface area contributed by atoms with Crippen molar-refractivity contribution in [2.24, 2.45) is 0 Å². The van der Waals surface area contributed by atoms with Gasteiger partial charge in [0, 0.05) is 0 Å². The van der Waals surface area contributed by atoms with E-state index < -0.39 is 21.8 Å². The monoisotopic (exact) mass is 313 g/mol. The second kappa shape index (κ2) is 5.66. The largest absolute Gasteiger partial charge is 0.475 e. The van der Waals surface area contributed by atoms with Crippen LogP contribution in [0.1, 0.15) is 21.9 Å². The molecule has 1 aromatic carbocycles. The van der Waals surface area contributed by atoms with Crippen LogP contribution in [-0.2, 0) is 16.6 Å². The van der Waals surface area contributed by atoms with Crippen molar-refractivity contribution in [3.05, 3.63) is 53.2 Å². The number of benzene rings is 1. The number of carboxylic acids is 1. The van der Waals surface area contributed by atoms with E-state index in [2.05, 4.69) is 4.72 Å². The van der Waals surface area contributed by atoms with E-state index in [4.69, 9.17) is 9.52 Å².